The molecule has 1 aromatic carbocycles. The smallest absolute Gasteiger partial charge is 0.455 e. The first-order chi connectivity index (χ1) is 16.3. The lowest BCUT2D eigenvalue weighted by Crippen LogP contribution is -2.58. The first-order valence-corrected chi connectivity index (χ1v) is 10.2. The van der Waals surface area contributed by atoms with Crippen LogP contribution in [0.2, 0.25) is 0 Å². The fourth-order valence-corrected chi connectivity index (χ4v) is 3.26. The molecule has 2 rings (SSSR count). The number of halogens is 6. The summed E-state index contributed by atoms with van der Waals surface area (Å²) in [5, 5.41) is 12.6. The van der Waals surface area contributed by atoms with Gasteiger partial charge in [0.2, 0.25) is 11.8 Å². The molecule has 1 aromatic rings. The van der Waals surface area contributed by atoms with E-state index in [1.165, 1.54) is 12.2 Å². The highest BCUT2D eigenvalue weighted by Gasteiger charge is 2.58. The number of fused-ring (bicyclic) bond motifs is 1. The molecule has 0 aromatic heterocycles. The molecule has 198 valence electrons. The maximum atomic E-state index is 13.8. The number of rotatable bonds is 7. The van der Waals surface area contributed by atoms with Gasteiger partial charge in [0.15, 0.2) is 5.78 Å². The van der Waals surface area contributed by atoms with E-state index in [-0.39, 0.29) is 11.3 Å². The number of carboxylic acid groups (broad SMARTS) is 1. The van der Waals surface area contributed by atoms with Crippen molar-refractivity contribution in [1.82, 2.24) is 10.6 Å². The highest BCUT2D eigenvalue weighted by atomic mass is 19.4. The summed E-state index contributed by atoms with van der Waals surface area (Å²) >= 11 is 0. The van der Waals surface area contributed by atoms with E-state index in [9.17, 15) is 55.4 Å². The molecule has 1 aliphatic rings. The van der Waals surface area contributed by atoms with E-state index < -0.39 is 77.9 Å². The van der Waals surface area contributed by atoms with E-state index >= 15 is 0 Å². The molecule has 0 spiro atoms. The first-order valence-electron chi connectivity index (χ1n) is 10.2. The summed E-state index contributed by atoms with van der Waals surface area (Å²) in [6.07, 6.45) is -5.96. The van der Waals surface area contributed by atoms with E-state index in [4.69, 9.17) is 0 Å². The van der Waals surface area contributed by atoms with E-state index in [0.29, 0.717) is 4.90 Å². The van der Waals surface area contributed by atoms with Crippen LogP contribution in [0, 0.1) is 17.2 Å². The molecule has 0 saturated carbocycles. The molecule has 0 saturated heterocycles. The summed E-state index contributed by atoms with van der Waals surface area (Å²) in [5.41, 5.74) is -2.91. The average molecular weight is 525 g/mol. The Hall–Kier alpha value is -3.65. The molecule has 1 aliphatic heterocycles. The van der Waals surface area contributed by atoms with Crippen LogP contribution in [0.4, 0.5) is 32.0 Å². The van der Waals surface area contributed by atoms with Crippen LogP contribution in [0.25, 0.3) is 0 Å². The second kappa shape index (κ2) is 9.78. The van der Waals surface area contributed by atoms with Gasteiger partial charge < -0.3 is 15.7 Å². The molecule has 0 radical (unpaired) electrons. The maximum absolute atomic E-state index is 13.8. The van der Waals surface area contributed by atoms with Gasteiger partial charge in [-0.3, -0.25) is 28.9 Å². The van der Waals surface area contributed by atoms with Crippen LogP contribution in [0.3, 0.4) is 0 Å². The van der Waals surface area contributed by atoms with Crippen molar-refractivity contribution < 1.29 is 55.4 Å². The Balaban J connectivity index is 2.34. The molecule has 1 heterocycles. The van der Waals surface area contributed by atoms with Gasteiger partial charge in [0, 0.05) is 11.5 Å². The monoisotopic (exact) mass is 525 g/mol. The number of benzene rings is 1. The Labute approximate surface area is 199 Å². The number of aliphatic carboxylic acids is 1. The van der Waals surface area contributed by atoms with E-state index in [0.717, 1.165) is 32.0 Å². The number of Topliss-reactive ketones (excluding diaryl/α,β-unsaturated/α-hetero) is 1. The number of anilines is 1. The van der Waals surface area contributed by atoms with Gasteiger partial charge in [0.25, 0.3) is 5.91 Å². The Morgan fingerprint density at radius 1 is 1.06 bits per heavy atom. The predicted molar refractivity (Wildman–Crippen MR) is 110 cm³/mol. The molecule has 0 aliphatic carbocycles. The fourth-order valence-electron chi connectivity index (χ4n) is 3.26. The first kappa shape index (κ1) is 28.6. The van der Waals surface area contributed by atoms with Gasteiger partial charge in [-0.25, -0.2) is 4.39 Å². The van der Waals surface area contributed by atoms with Crippen LogP contribution >= 0.6 is 0 Å². The summed E-state index contributed by atoms with van der Waals surface area (Å²) in [6.45, 7) is -0.249. The normalized spacial score (nSPS) is 18.9. The average Bonchev–Trinajstić information content (AvgIpc) is 2.82. The maximum Gasteiger partial charge on any atom is 0.455 e. The Morgan fingerprint density at radius 2 is 1.64 bits per heavy atom. The van der Waals surface area contributed by atoms with Crippen molar-refractivity contribution in [1.29, 1.82) is 0 Å². The van der Waals surface area contributed by atoms with E-state index in [1.54, 1.807) is 0 Å². The van der Waals surface area contributed by atoms with Crippen molar-refractivity contribution in [2.75, 3.05) is 18.0 Å². The Bertz CT molecular complexity index is 1100. The third-order valence-corrected chi connectivity index (χ3v) is 5.56. The number of ketones is 1. The molecular weight excluding hydrogens is 504 g/mol. The van der Waals surface area contributed by atoms with Crippen LogP contribution in [-0.2, 0) is 19.2 Å². The summed E-state index contributed by atoms with van der Waals surface area (Å²) in [7, 11) is 0. The number of alkyl halides is 5. The fraction of sp³-hybridized carbons (Fsp3) is 0.476. The number of hydrogen-bond donors (Lipinski definition) is 3. The number of hydrogen-bond acceptors (Lipinski definition) is 5. The number of nitrogens with one attached hydrogen (secondary N) is 2. The van der Waals surface area contributed by atoms with Crippen molar-refractivity contribution in [3.05, 3.63) is 29.6 Å². The summed E-state index contributed by atoms with van der Waals surface area (Å²) in [4.78, 5) is 63.1. The lowest BCUT2D eigenvalue weighted by molar-refractivity contribution is -0.278. The van der Waals surface area contributed by atoms with Crippen molar-refractivity contribution in [3.8, 4) is 0 Å². The van der Waals surface area contributed by atoms with Gasteiger partial charge in [0.05, 0.1) is 12.2 Å². The lowest BCUT2D eigenvalue weighted by atomic mass is 9.88. The largest absolute Gasteiger partial charge is 0.480 e. The van der Waals surface area contributed by atoms with Crippen molar-refractivity contribution >= 4 is 35.2 Å². The van der Waals surface area contributed by atoms with E-state index in [1.807, 2.05) is 0 Å². The quantitative estimate of drug-likeness (QED) is 0.368. The Kier molecular flexibility index (Phi) is 7.76. The molecule has 3 amide bonds. The number of carbonyl (C=O) groups excluding carboxylic acids is 4. The summed E-state index contributed by atoms with van der Waals surface area (Å²) in [6, 6.07) is 0.885. The highest BCUT2D eigenvalue weighted by molar-refractivity contribution is 6.15. The molecule has 2 atom stereocenters. The SMILES string of the molecule is C[C@H]1C(=O)c2ccc(F)cc2N(CC(=O)O)C(=O)[C@H]1NC(=O)C(C)(C)C(=O)NCC(F)(F)C(F)(F)F. The van der Waals surface area contributed by atoms with Crippen LogP contribution in [0.15, 0.2) is 18.2 Å². The zero-order chi connectivity index (χ0) is 27.8. The summed E-state index contributed by atoms with van der Waals surface area (Å²) in [5.74, 6) is -13.9. The second-order valence-corrected chi connectivity index (χ2v) is 8.59. The van der Waals surface area contributed by atoms with Crippen LogP contribution < -0.4 is 15.5 Å². The zero-order valence-corrected chi connectivity index (χ0v) is 19.0. The van der Waals surface area contributed by atoms with Gasteiger partial charge >= 0.3 is 18.1 Å². The highest BCUT2D eigenvalue weighted by Crippen LogP contribution is 2.35. The van der Waals surface area contributed by atoms with Crippen molar-refractivity contribution in [2.45, 2.75) is 38.9 Å². The molecule has 0 fully saturated rings. The van der Waals surface area contributed by atoms with Crippen molar-refractivity contribution in [2.24, 2.45) is 11.3 Å². The Morgan fingerprint density at radius 3 is 2.17 bits per heavy atom. The number of carboxylic acids is 1. The van der Waals surface area contributed by atoms with E-state index in [2.05, 4.69) is 5.32 Å². The second-order valence-electron chi connectivity index (χ2n) is 8.59. The molecular formula is C21H21F6N3O6. The third-order valence-electron chi connectivity index (χ3n) is 5.56. The van der Waals surface area contributed by atoms with Gasteiger partial charge in [-0.05, 0) is 32.0 Å². The molecule has 0 bridgehead atoms. The predicted octanol–water partition coefficient (Wildman–Crippen LogP) is 1.90. The minimum atomic E-state index is -5.96. The van der Waals surface area contributed by atoms with Crippen LogP contribution in [0.5, 0.6) is 0 Å². The third kappa shape index (κ3) is 5.60. The number of carbonyl (C=O) groups is 5. The molecule has 36 heavy (non-hydrogen) atoms. The zero-order valence-electron chi connectivity index (χ0n) is 19.0. The van der Waals surface area contributed by atoms with Gasteiger partial charge in [-0.15, -0.1) is 0 Å². The van der Waals surface area contributed by atoms with Crippen LogP contribution in [0.1, 0.15) is 31.1 Å². The van der Waals surface area contributed by atoms with Gasteiger partial charge in [-0.2, -0.15) is 22.0 Å². The molecule has 9 nitrogen and oxygen atoms in total. The van der Waals surface area contributed by atoms with Gasteiger partial charge in [-0.1, -0.05) is 6.92 Å². The van der Waals surface area contributed by atoms with Gasteiger partial charge in [0.1, 0.15) is 23.8 Å². The topological polar surface area (TPSA) is 133 Å². The summed E-state index contributed by atoms with van der Waals surface area (Å²) < 4.78 is 77.2. The van der Waals surface area contributed by atoms with Crippen LogP contribution in [-0.4, -0.2) is 65.8 Å². The minimum Gasteiger partial charge on any atom is -0.480 e. The number of nitrogens with zero attached hydrogens (tertiary/aromatic N) is 1. The standard InChI is InChI=1S/C21H21F6N3O6/c1-9-14(29-18(36)19(2,3)17(35)28-8-20(23,24)21(25,26)27)16(34)30(7-13(31)32)12-6-10(22)4-5-11(12)15(9)33/h4-6,9,14H,7-8H2,1-3H3,(H,28,35)(H,29,36)(H,31,32)/t9-,14+/m1/s1. The van der Waals surface area contributed by atoms with Crippen molar-refractivity contribution in [3.63, 3.8) is 0 Å². The lowest BCUT2D eigenvalue weighted by Gasteiger charge is -2.30. The number of amides is 3. The molecule has 15 heteroatoms. The molecule has 0 unspecified atom stereocenters. The molecule has 3 N–H and O–H groups in total. The minimum absolute atomic E-state index is 0.221.